The van der Waals surface area contributed by atoms with Crippen LogP contribution in [-0.4, -0.2) is 208 Å². The SMILES string of the molecule is COc1cc(/C=C/C(=O)NC(Cc2ccc(OCc3c(Cl)cccc3Cl)cc2)C(=O)NC2CC(C)(C)NC(C)(C)C2)cc(Br)c1OCCOCCOCCOCCOCCOCCOCCOCCNC(=O)CCCCCNC(=O)CCCCCNC(=O)CCCCC1SCC2NC(=O)N[C@@H]21. The van der Waals surface area contributed by atoms with Crippen molar-refractivity contribution in [3.63, 3.8) is 0 Å². The number of amides is 7. The zero-order valence-corrected chi connectivity index (χ0v) is 63.5. The standard InChI is InChI=1S/C73H109BrCl2N8O16S/c1-72(2)48-54(49-73(3,4)84-72)80-70(89)60(46-52-21-24-55(25-22-52)100-50-56-58(75)15-14-16-59(56)76)81-67(88)26-23-53-45-57(74)69(62(47-53)91-5)99-44-43-98-42-41-97-40-39-96-38-37-95-36-35-94-34-33-93-32-31-92-30-29-79-66(87)19-9-7-13-27-77-64(85)18-8-6-12-28-78-65(86)20-11-10-17-63-68-61(51-101-63)82-71(90)83-68/h14-16,21-26,45,47,54,60-61,63,68,84H,6-13,17-20,27-44,46,48-51H2,1-5H3,(H,77,85)(H,78,86)(H,79,87)(H,80,89)(H,81,88)(H2,82,83,90)/b26-23+/t60?,61?,63?,68-/m0/s1. The highest BCUT2D eigenvalue weighted by Crippen LogP contribution is 2.38. The van der Waals surface area contributed by atoms with Gasteiger partial charge in [0.15, 0.2) is 11.5 Å². The molecule has 3 heterocycles. The summed E-state index contributed by atoms with van der Waals surface area (Å²) in [5.41, 5.74) is 1.78. The Bertz CT molecular complexity index is 2980. The van der Waals surface area contributed by atoms with Crippen LogP contribution >= 0.6 is 50.9 Å². The van der Waals surface area contributed by atoms with Gasteiger partial charge < -0.3 is 89.9 Å². The second-order valence-corrected chi connectivity index (χ2v) is 29.4. The van der Waals surface area contributed by atoms with Crippen LogP contribution in [0, 0.1) is 0 Å². The third-order valence-corrected chi connectivity index (χ3v) is 19.6. The highest BCUT2D eigenvalue weighted by Gasteiger charge is 2.43. The van der Waals surface area contributed by atoms with Crippen LogP contribution < -0.4 is 56.7 Å². The number of halogens is 3. The lowest BCUT2D eigenvalue weighted by atomic mass is 9.79. The van der Waals surface area contributed by atoms with Crippen LogP contribution in [-0.2, 0) is 70.2 Å². The van der Waals surface area contributed by atoms with E-state index in [0.717, 1.165) is 81.9 Å². The first-order valence-corrected chi connectivity index (χ1v) is 38.1. The highest BCUT2D eigenvalue weighted by atomic mass is 79.9. The summed E-state index contributed by atoms with van der Waals surface area (Å²) in [6.07, 6.45) is 13.8. The summed E-state index contributed by atoms with van der Waals surface area (Å²) in [5, 5.41) is 26.1. The van der Waals surface area contributed by atoms with Crippen LogP contribution in [0.15, 0.2) is 65.1 Å². The van der Waals surface area contributed by atoms with Crippen molar-refractivity contribution in [2.75, 3.05) is 132 Å². The molecule has 564 valence electrons. The van der Waals surface area contributed by atoms with Gasteiger partial charge >= 0.3 is 6.03 Å². The van der Waals surface area contributed by atoms with Gasteiger partial charge in [0.05, 0.1) is 116 Å². The number of fused-ring (bicyclic) bond motifs is 1. The predicted octanol–water partition coefficient (Wildman–Crippen LogP) is 9.20. The number of piperidine rings is 1. The van der Waals surface area contributed by atoms with Gasteiger partial charge in [-0.25, -0.2) is 4.79 Å². The van der Waals surface area contributed by atoms with E-state index in [-0.39, 0.29) is 78.5 Å². The van der Waals surface area contributed by atoms with Gasteiger partial charge in [0.25, 0.3) is 0 Å². The Balaban J connectivity index is 0.684. The number of hydrogen-bond donors (Lipinski definition) is 8. The van der Waals surface area contributed by atoms with Gasteiger partial charge in [0.2, 0.25) is 29.5 Å². The summed E-state index contributed by atoms with van der Waals surface area (Å²) in [5.74, 6) is 1.84. The van der Waals surface area contributed by atoms with Gasteiger partial charge in [0.1, 0.15) is 25.0 Å². The fourth-order valence-corrected chi connectivity index (χ4v) is 14.8. The van der Waals surface area contributed by atoms with Crippen molar-refractivity contribution < 1.29 is 76.1 Å². The molecule has 0 aromatic heterocycles. The van der Waals surface area contributed by atoms with Crippen molar-refractivity contribution in [3.8, 4) is 17.2 Å². The maximum atomic E-state index is 14.1. The zero-order valence-electron chi connectivity index (χ0n) is 59.6. The van der Waals surface area contributed by atoms with E-state index >= 15 is 0 Å². The Morgan fingerprint density at radius 3 is 1.69 bits per heavy atom. The Kier molecular flexibility index (Phi) is 40.0. The van der Waals surface area contributed by atoms with E-state index in [0.29, 0.717) is 180 Å². The number of urea groups is 1. The van der Waals surface area contributed by atoms with Gasteiger partial charge in [-0.3, -0.25) is 24.0 Å². The maximum absolute atomic E-state index is 14.1. The second kappa shape index (κ2) is 47.8. The Morgan fingerprint density at radius 2 is 1.15 bits per heavy atom. The van der Waals surface area contributed by atoms with E-state index in [1.54, 1.807) is 30.3 Å². The monoisotopic (exact) mass is 1530 g/mol. The first kappa shape index (κ1) is 84.4. The van der Waals surface area contributed by atoms with Crippen LogP contribution in [0.1, 0.15) is 134 Å². The molecule has 4 atom stereocenters. The molecule has 24 nitrogen and oxygen atoms in total. The van der Waals surface area contributed by atoms with E-state index in [1.165, 1.54) is 13.2 Å². The van der Waals surface area contributed by atoms with E-state index in [9.17, 15) is 28.8 Å². The fraction of sp³-hybridized carbons (Fsp3) is 0.644. The van der Waals surface area contributed by atoms with Gasteiger partial charge in [0, 0.05) is 95.1 Å². The molecule has 0 aliphatic carbocycles. The number of hydrogen-bond acceptors (Lipinski definition) is 18. The molecular weight excluding hydrogens is 1430 g/mol. The number of thioether (sulfide) groups is 1. The molecule has 101 heavy (non-hydrogen) atoms. The minimum absolute atomic E-state index is 0.0189. The van der Waals surface area contributed by atoms with Gasteiger partial charge in [-0.15, -0.1) is 0 Å². The molecule has 0 bridgehead atoms. The van der Waals surface area contributed by atoms with Crippen molar-refractivity contribution in [1.82, 2.24) is 42.5 Å². The highest BCUT2D eigenvalue weighted by molar-refractivity contribution is 9.10. The van der Waals surface area contributed by atoms with E-state index in [2.05, 4.69) is 86.2 Å². The summed E-state index contributed by atoms with van der Waals surface area (Å²) in [6.45, 7) is 16.3. The summed E-state index contributed by atoms with van der Waals surface area (Å²) in [6, 6.07) is 15.6. The van der Waals surface area contributed by atoms with Crippen LogP contribution in [0.3, 0.4) is 0 Å². The largest absolute Gasteiger partial charge is 0.493 e. The molecule has 7 amide bonds. The molecule has 6 rings (SSSR count). The van der Waals surface area contributed by atoms with E-state index in [1.807, 2.05) is 42.1 Å². The van der Waals surface area contributed by atoms with Crippen molar-refractivity contribution in [1.29, 1.82) is 0 Å². The Morgan fingerprint density at radius 1 is 0.634 bits per heavy atom. The quantitative estimate of drug-likeness (QED) is 0.0148. The first-order valence-electron chi connectivity index (χ1n) is 35.5. The zero-order chi connectivity index (χ0) is 72.5. The smallest absolute Gasteiger partial charge is 0.315 e. The summed E-state index contributed by atoms with van der Waals surface area (Å²) >= 11 is 18.2. The molecule has 3 aliphatic rings. The number of unbranched alkanes of at least 4 members (excludes halogenated alkanes) is 5. The molecule has 3 aromatic rings. The molecule has 8 N–H and O–H groups in total. The van der Waals surface area contributed by atoms with Gasteiger partial charge in [-0.1, -0.05) is 60.7 Å². The summed E-state index contributed by atoms with van der Waals surface area (Å²) in [4.78, 5) is 75.8. The normalized spacial score (nSPS) is 17.2. The lowest BCUT2D eigenvalue weighted by molar-refractivity contribution is -0.128. The molecule has 0 spiro atoms. The van der Waals surface area contributed by atoms with Crippen molar-refractivity contribution in [2.24, 2.45) is 0 Å². The summed E-state index contributed by atoms with van der Waals surface area (Å²) in [7, 11) is 1.54. The molecule has 0 saturated carbocycles. The first-order chi connectivity index (χ1) is 48.8. The molecule has 3 saturated heterocycles. The summed E-state index contributed by atoms with van der Waals surface area (Å²) < 4.78 is 57.5. The number of nitrogens with one attached hydrogen (secondary N) is 8. The number of rotatable bonds is 53. The van der Waals surface area contributed by atoms with Crippen LogP contribution in [0.2, 0.25) is 10.0 Å². The number of carbonyl (C=O) groups is 6. The molecule has 28 heteroatoms. The minimum atomic E-state index is -0.879. The molecular formula is C73H109BrCl2N8O16S. The molecule has 0 radical (unpaired) electrons. The third-order valence-electron chi connectivity index (χ3n) is 16.8. The molecule has 3 fully saturated rings. The van der Waals surface area contributed by atoms with E-state index in [4.69, 9.17) is 70.6 Å². The minimum Gasteiger partial charge on any atom is -0.493 e. The van der Waals surface area contributed by atoms with Gasteiger partial charge in [-0.05, 0) is 149 Å². The van der Waals surface area contributed by atoms with Crippen molar-refractivity contribution >= 4 is 92.5 Å². The average molecular weight is 1540 g/mol. The van der Waals surface area contributed by atoms with Crippen molar-refractivity contribution in [2.45, 2.75) is 171 Å². The number of carbonyl (C=O) groups excluding carboxylic acids is 6. The fourth-order valence-electron chi connectivity index (χ4n) is 12.1. The maximum Gasteiger partial charge on any atom is 0.315 e. The number of benzene rings is 3. The average Bonchev–Trinajstić information content (AvgIpc) is 1.77. The number of ether oxygens (including phenoxy) is 10. The second-order valence-electron chi connectivity index (χ2n) is 26.4. The lowest BCUT2D eigenvalue weighted by Crippen LogP contribution is -2.63. The van der Waals surface area contributed by atoms with Crippen LogP contribution in [0.25, 0.3) is 6.08 Å². The Hall–Kier alpha value is -5.49. The molecule has 3 unspecified atom stereocenters. The topological polar surface area (TPSA) is 291 Å². The molecule has 3 aromatic carbocycles. The van der Waals surface area contributed by atoms with Crippen LogP contribution in [0.5, 0.6) is 17.2 Å². The van der Waals surface area contributed by atoms with Crippen LogP contribution in [0.4, 0.5) is 4.79 Å². The third kappa shape index (κ3) is 34.8. The predicted molar refractivity (Wildman–Crippen MR) is 396 cm³/mol. The Labute approximate surface area is 619 Å². The molecule has 3 aliphatic heterocycles. The van der Waals surface area contributed by atoms with Gasteiger partial charge in [-0.2, -0.15) is 11.8 Å². The van der Waals surface area contributed by atoms with Crippen molar-refractivity contribution in [3.05, 3.63) is 91.9 Å². The number of methoxy groups -OCH3 is 1. The lowest BCUT2D eigenvalue weighted by Gasteiger charge is -2.46. The van der Waals surface area contributed by atoms with E-state index < -0.39 is 11.9 Å².